The summed E-state index contributed by atoms with van der Waals surface area (Å²) in [6, 6.07) is 4.05. The van der Waals surface area contributed by atoms with Crippen LogP contribution in [0.5, 0.6) is 11.5 Å². The Bertz CT molecular complexity index is 765. The standard InChI is InChI=1S/C18H30N4O4S/c1-5-19-18(20-8-9-21-27(23,24)6-2)22-10-7-14-11-16(25-3)17(26-4)12-15(14)13-22/h11-12,21H,5-10,13H2,1-4H3,(H,19,20). The number of nitrogens with zero attached hydrogens (tertiary/aromatic N) is 2. The number of ether oxygens (including phenoxy) is 2. The van der Waals surface area contributed by atoms with Crippen LogP contribution in [0.15, 0.2) is 17.1 Å². The minimum Gasteiger partial charge on any atom is -0.493 e. The normalized spacial score (nSPS) is 14.7. The zero-order valence-electron chi connectivity index (χ0n) is 16.5. The molecule has 0 amide bonds. The molecule has 0 aromatic heterocycles. The number of rotatable bonds is 8. The van der Waals surface area contributed by atoms with Gasteiger partial charge in [-0.3, -0.25) is 4.99 Å². The number of hydrogen-bond donors (Lipinski definition) is 2. The van der Waals surface area contributed by atoms with E-state index in [4.69, 9.17) is 9.47 Å². The lowest BCUT2D eigenvalue weighted by Crippen LogP contribution is -2.44. The molecule has 0 saturated carbocycles. The zero-order chi connectivity index (χ0) is 19.9. The molecule has 1 aromatic carbocycles. The van der Waals surface area contributed by atoms with Gasteiger partial charge in [0.25, 0.3) is 0 Å². The van der Waals surface area contributed by atoms with Gasteiger partial charge in [-0.1, -0.05) is 0 Å². The van der Waals surface area contributed by atoms with Crippen molar-refractivity contribution in [2.75, 3.05) is 46.2 Å². The second-order valence-electron chi connectivity index (χ2n) is 6.18. The predicted octanol–water partition coefficient (Wildman–Crippen LogP) is 0.967. The topological polar surface area (TPSA) is 92.3 Å². The lowest BCUT2D eigenvalue weighted by Gasteiger charge is -2.32. The van der Waals surface area contributed by atoms with E-state index in [2.05, 4.69) is 19.9 Å². The highest BCUT2D eigenvalue weighted by molar-refractivity contribution is 7.89. The van der Waals surface area contributed by atoms with E-state index < -0.39 is 10.0 Å². The summed E-state index contributed by atoms with van der Waals surface area (Å²) in [7, 11) is 0.0857. The lowest BCUT2D eigenvalue weighted by molar-refractivity contribution is 0.346. The molecule has 152 valence electrons. The van der Waals surface area contributed by atoms with Crippen molar-refractivity contribution in [1.82, 2.24) is 14.9 Å². The molecule has 1 heterocycles. The minimum atomic E-state index is -3.19. The van der Waals surface area contributed by atoms with Gasteiger partial charge in [-0.25, -0.2) is 13.1 Å². The van der Waals surface area contributed by atoms with Crippen LogP contribution in [-0.4, -0.2) is 65.4 Å². The number of nitrogens with one attached hydrogen (secondary N) is 2. The first-order valence-corrected chi connectivity index (χ1v) is 10.8. The maximum absolute atomic E-state index is 11.5. The summed E-state index contributed by atoms with van der Waals surface area (Å²) >= 11 is 0. The van der Waals surface area contributed by atoms with Gasteiger partial charge in [0, 0.05) is 26.2 Å². The highest BCUT2D eigenvalue weighted by Crippen LogP contribution is 2.33. The van der Waals surface area contributed by atoms with E-state index in [0.717, 1.165) is 31.2 Å². The number of benzene rings is 1. The van der Waals surface area contributed by atoms with E-state index in [-0.39, 0.29) is 5.75 Å². The van der Waals surface area contributed by atoms with Crippen molar-refractivity contribution in [3.8, 4) is 11.5 Å². The van der Waals surface area contributed by atoms with Crippen LogP contribution < -0.4 is 19.5 Å². The van der Waals surface area contributed by atoms with Crippen LogP contribution in [-0.2, 0) is 23.0 Å². The Balaban J connectivity index is 2.09. The molecular formula is C18H30N4O4S. The van der Waals surface area contributed by atoms with Crippen molar-refractivity contribution in [1.29, 1.82) is 0 Å². The van der Waals surface area contributed by atoms with E-state index in [1.807, 2.05) is 19.1 Å². The van der Waals surface area contributed by atoms with Gasteiger partial charge in [0.15, 0.2) is 17.5 Å². The number of sulfonamides is 1. The van der Waals surface area contributed by atoms with Crippen molar-refractivity contribution in [3.63, 3.8) is 0 Å². The Labute approximate surface area is 162 Å². The predicted molar refractivity (Wildman–Crippen MR) is 107 cm³/mol. The third-order valence-corrected chi connectivity index (χ3v) is 5.83. The molecule has 0 saturated heterocycles. The first-order chi connectivity index (χ1) is 12.9. The molecule has 1 aliphatic heterocycles. The molecule has 2 N–H and O–H groups in total. The van der Waals surface area contributed by atoms with E-state index in [1.165, 1.54) is 11.1 Å². The van der Waals surface area contributed by atoms with Crippen LogP contribution in [0.1, 0.15) is 25.0 Å². The molecule has 0 unspecified atom stereocenters. The second-order valence-corrected chi connectivity index (χ2v) is 8.28. The Kier molecular flexibility index (Phi) is 7.73. The molecule has 0 radical (unpaired) electrons. The first kappa shape index (κ1) is 21.3. The molecule has 2 rings (SSSR count). The lowest BCUT2D eigenvalue weighted by atomic mass is 9.99. The Morgan fingerprint density at radius 3 is 2.44 bits per heavy atom. The number of methoxy groups -OCH3 is 2. The van der Waals surface area contributed by atoms with Gasteiger partial charge < -0.3 is 19.7 Å². The van der Waals surface area contributed by atoms with Crippen molar-refractivity contribution in [2.45, 2.75) is 26.8 Å². The molecule has 27 heavy (non-hydrogen) atoms. The van der Waals surface area contributed by atoms with Crippen LogP contribution in [0.4, 0.5) is 0 Å². The van der Waals surface area contributed by atoms with Crippen LogP contribution in [0.2, 0.25) is 0 Å². The fourth-order valence-corrected chi connectivity index (χ4v) is 3.56. The van der Waals surface area contributed by atoms with Crippen molar-refractivity contribution >= 4 is 16.0 Å². The molecule has 0 bridgehead atoms. The van der Waals surface area contributed by atoms with E-state index in [1.54, 1.807) is 21.1 Å². The third-order valence-electron chi connectivity index (χ3n) is 4.43. The molecular weight excluding hydrogens is 368 g/mol. The fourth-order valence-electron chi connectivity index (χ4n) is 2.95. The molecule has 0 atom stereocenters. The van der Waals surface area contributed by atoms with Crippen LogP contribution in [0, 0.1) is 0 Å². The summed E-state index contributed by atoms with van der Waals surface area (Å²) in [4.78, 5) is 6.75. The molecule has 0 fully saturated rings. The average Bonchev–Trinajstić information content (AvgIpc) is 2.68. The monoisotopic (exact) mass is 398 g/mol. The maximum atomic E-state index is 11.5. The summed E-state index contributed by atoms with van der Waals surface area (Å²) in [5.41, 5.74) is 2.42. The Morgan fingerprint density at radius 2 is 1.85 bits per heavy atom. The quantitative estimate of drug-likeness (QED) is 0.385. The first-order valence-electron chi connectivity index (χ1n) is 9.18. The number of aliphatic imine (C=N–C) groups is 1. The SMILES string of the molecule is CCNC(=NCCNS(=O)(=O)CC)N1CCc2cc(OC)c(OC)cc2C1. The van der Waals surface area contributed by atoms with Crippen LogP contribution in [0.25, 0.3) is 0 Å². The molecule has 8 nitrogen and oxygen atoms in total. The maximum Gasteiger partial charge on any atom is 0.211 e. The Hall–Kier alpha value is -2.00. The van der Waals surface area contributed by atoms with Crippen LogP contribution in [0.3, 0.4) is 0 Å². The van der Waals surface area contributed by atoms with Gasteiger partial charge in [0.2, 0.25) is 10.0 Å². The highest BCUT2D eigenvalue weighted by Gasteiger charge is 2.21. The molecule has 1 aliphatic rings. The van der Waals surface area contributed by atoms with Gasteiger partial charge in [0.05, 0.1) is 26.5 Å². The molecule has 1 aromatic rings. The van der Waals surface area contributed by atoms with E-state index in [0.29, 0.717) is 25.4 Å². The average molecular weight is 399 g/mol. The summed E-state index contributed by atoms with van der Waals surface area (Å²) in [6.45, 7) is 6.59. The largest absolute Gasteiger partial charge is 0.493 e. The third kappa shape index (κ3) is 5.74. The molecule has 0 aliphatic carbocycles. The minimum absolute atomic E-state index is 0.0744. The van der Waals surface area contributed by atoms with Gasteiger partial charge in [-0.2, -0.15) is 0 Å². The smallest absolute Gasteiger partial charge is 0.211 e. The van der Waals surface area contributed by atoms with Crippen molar-refractivity contribution < 1.29 is 17.9 Å². The molecule has 9 heteroatoms. The number of fused-ring (bicyclic) bond motifs is 1. The highest BCUT2D eigenvalue weighted by atomic mass is 32.2. The fraction of sp³-hybridized carbons (Fsp3) is 0.611. The van der Waals surface area contributed by atoms with Gasteiger partial charge in [-0.05, 0) is 43.5 Å². The summed E-state index contributed by atoms with van der Waals surface area (Å²) in [6.07, 6.45) is 0.878. The number of guanidine groups is 1. The molecule has 0 spiro atoms. The summed E-state index contributed by atoms with van der Waals surface area (Å²) < 4.78 is 36.4. The zero-order valence-corrected chi connectivity index (χ0v) is 17.4. The van der Waals surface area contributed by atoms with Gasteiger partial charge >= 0.3 is 0 Å². The van der Waals surface area contributed by atoms with Crippen molar-refractivity contribution in [2.24, 2.45) is 4.99 Å². The second kappa shape index (κ2) is 9.80. The summed E-state index contributed by atoms with van der Waals surface area (Å²) in [5.74, 6) is 2.32. The van der Waals surface area contributed by atoms with Crippen molar-refractivity contribution in [3.05, 3.63) is 23.3 Å². The summed E-state index contributed by atoms with van der Waals surface area (Å²) in [5, 5.41) is 3.29. The number of hydrogen-bond acceptors (Lipinski definition) is 5. The van der Waals surface area contributed by atoms with Crippen LogP contribution >= 0.6 is 0 Å². The van der Waals surface area contributed by atoms with E-state index in [9.17, 15) is 8.42 Å². The van der Waals surface area contributed by atoms with Gasteiger partial charge in [-0.15, -0.1) is 0 Å². The van der Waals surface area contributed by atoms with Gasteiger partial charge in [0.1, 0.15) is 0 Å². The van der Waals surface area contributed by atoms with E-state index >= 15 is 0 Å². The Morgan fingerprint density at radius 1 is 1.19 bits per heavy atom.